The maximum Gasteiger partial charge on any atom is 0.268 e. The Morgan fingerprint density at radius 1 is 1.22 bits per heavy atom. The van der Waals surface area contributed by atoms with Gasteiger partial charge >= 0.3 is 0 Å². The third-order valence-corrected chi connectivity index (χ3v) is 5.66. The van der Waals surface area contributed by atoms with Gasteiger partial charge in [0.15, 0.2) is 0 Å². The zero-order chi connectivity index (χ0) is 22.7. The number of rotatable bonds is 7. The van der Waals surface area contributed by atoms with E-state index in [9.17, 15) is 23.5 Å². The lowest BCUT2D eigenvalue weighted by atomic mass is 9.95. The molecule has 2 aromatic carbocycles. The molecule has 9 heteroatoms. The van der Waals surface area contributed by atoms with Crippen LogP contribution in [0.15, 0.2) is 53.6 Å². The molecule has 0 spiro atoms. The van der Waals surface area contributed by atoms with E-state index in [0.717, 1.165) is 19.0 Å². The van der Waals surface area contributed by atoms with Crippen LogP contribution < -0.4 is 15.6 Å². The second-order valence-corrected chi connectivity index (χ2v) is 8.02. The summed E-state index contributed by atoms with van der Waals surface area (Å²) in [6.07, 6.45) is 0.440. The molecule has 2 amide bonds. The van der Waals surface area contributed by atoms with Crippen LogP contribution in [0.25, 0.3) is 0 Å². The molecule has 2 aliphatic heterocycles. The first-order valence-electron chi connectivity index (χ1n) is 10.5. The zero-order valence-electron chi connectivity index (χ0n) is 17.3. The Bertz CT molecular complexity index is 1000. The zero-order valence-corrected chi connectivity index (χ0v) is 17.3. The standard InChI is InChI=1S/C23H24F2N4O3/c24-15-9-14(10-16(25)12-15)11-19(22(31)18-7-4-8-26-18)27-23(32)20-13-21(30)29(28-20)17-5-2-1-3-6-17/h1-3,5-6,9-10,12,18-19,22,26,31H,4,7-8,11,13H2,(H,27,32)/t18-,19+,22-/m0/s1. The number of amides is 2. The van der Waals surface area contributed by atoms with Crippen molar-refractivity contribution in [3.63, 3.8) is 0 Å². The monoisotopic (exact) mass is 442 g/mol. The number of hydrogen-bond acceptors (Lipinski definition) is 5. The third kappa shape index (κ3) is 5.00. The van der Waals surface area contributed by atoms with Gasteiger partial charge < -0.3 is 15.7 Å². The van der Waals surface area contributed by atoms with E-state index < -0.39 is 29.7 Å². The lowest BCUT2D eigenvalue weighted by molar-refractivity contribution is -0.119. The topological polar surface area (TPSA) is 94.0 Å². The molecule has 2 aliphatic rings. The van der Waals surface area contributed by atoms with Gasteiger partial charge in [0.1, 0.15) is 17.3 Å². The SMILES string of the molecule is O=C(N[C@H](Cc1cc(F)cc(F)c1)[C@@H](O)[C@@H]1CCCN1)C1=NN(c2ccccc2)C(=O)C1. The first-order chi connectivity index (χ1) is 15.4. The van der Waals surface area contributed by atoms with Crippen molar-refractivity contribution >= 4 is 23.2 Å². The molecule has 2 heterocycles. The van der Waals surface area contributed by atoms with Crippen LogP contribution in [0.5, 0.6) is 0 Å². The Balaban J connectivity index is 1.53. The predicted octanol–water partition coefficient (Wildman–Crippen LogP) is 1.90. The molecule has 0 bridgehead atoms. The molecule has 3 N–H and O–H groups in total. The summed E-state index contributed by atoms with van der Waals surface area (Å²) in [5.41, 5.74) is 0.864. The molecule has 0 saturated carbocycles. The van der Waals surface area contributed by atoms with E-state index in [0.29, 0.717) is 17.7 Å². The second-order valence-electron chi connectivity index (χ2n) is 8.02. The molecule has 0 unspecified atom stereocenters. The maximum absolute atomic E-state index is 13.7. The molecule has 168 valence electrons. The van der Waals surface area contributed by atoms with Crippen molar-refractivity contribution < 1.29 is 23.5 Å². The summed E-state index contributed by atoms with van der Waals surface area (Å²) in [5, 5.41) is 22.1. The first-order valence-corrected chi connectivity index (χ1v) is 10.5. The number of para-hydroxylation sites is 1. The Morgan fingerprint density at radius 3 is 2.59 bits per heavy atom. The number of aliphatic hydroxyl groups excluding tert-OH is 1. The fourth-order valence-electron chi connectivity index (χ4n) is 4.10. The highest BCUT2D eigenvalue weighted by atomic mass is 19.1. The van der Waals surface area contributed by atoms with Crippen molar-refractivity contribution in [1.29, 1.82) is 0 Å². The van der Waals surface area contributed by atoms with Gasteiger partial charge in [0, 0.05) is 12.1 Å². The number of nitrogens with one attached hydrogen (secondary N) is 2. The normalized spacial score (nSPS) is 20.2. The van der Waals surface area contributed by atoms with Gasteiger partial charge in [0.2, 0.25) is 0 Å². The summed E-state index contributed by atoms with van der Waals surface area (Å²) < 4.78 is 27.3. The molecule has 7 nitrogen and oxygen atoms in total. The van der Waals surface area contributed by atoms with Crippen LogP contribution >= 0.6 is 0 Å². The highest BCUT2D eigenvalue weighted by Crippen LogP contribution is 2.21. The Kier molecular flexibility index (Phi) is 6.57. The lowest BCUT2D eigenvalue weighted by Gasteiger charge is -2.28. The van der Waals surface area contributed by atoms with Crippen molar-refractivity contribution in [1.82, 2.24) is 10.6 Å². The Labute approximate surface area is 184 Å². The molecular weight excluding hydrogens is 418 g/mol. The Hall–Kier alpha value is -3.17. The van der Waals surface area contributed by atoms with E-state index in [1.807, 2.05) is 0 Å². The molecule has 3 atom stereocenters. The summed E-state index contributed by atoms with van der Waals surface area (Å²) >= 11 is 0. The smallest absolute Gasteiger partial charge is 0.268 e. The van der Waals surface area contributed by atoms with Gasteiger partial charge in [-0.05, 0) is 55.6 Å². The fraction of sp³-hybridized carbons (Fsp3) is 0.348. The second kappa shape index (κ2) is 9.54. The summed E-state index contributed by atoms with van der Waals surface area (Å²) in [6, 6.07) is 10.8. The summed E-state index contributed by atoms with van der Waals surface area (Å²) in [6.45, 7) is 0.740. The van der Waals surface area contributed by atoms with Crippen LogP contribution in [0.2, 0.25) is 0 Å². The number of carbonyl (C=O) groups is 2. The van der Waals surface area contributed by atoms with Crippen LogP contribution in [0, 0.1) is 11.6 Å². The van der Waals surface area contributed by atoms with Crippen LogP contribution in [-0.2, 0) is 16.0 Å². The van der Waals surface area contributed by atoms with Gasteiger partial charge in [-0.3, -0.25) is 9.59 Å². The number of anilines is 1. The minimum atomic E-state index is -0.990. The quantitative estimate of drug-likeness (QED) is 0.611. The number of carbonyl (C=O) groups excluding carboxylic acids is 2. The van der Waals surface area contributed by atoms with Gasteiger partial charge in [0.05, 0.1) is 24.3 Å². The van der Waals surface area contributed by atoms with Gasteiger partial charge in [-0.15, -0.1) is 0 Å². The van der Waals surface area contributed by atoms with Gasteiger partial charge in [-0.25, -0.2) is 8.78 Å². The molecule has 2 aromatic rings. The first kappa shape index (κ1) is 22.0. The average molecular weight is 442 g/mol. The van der Waals surface area contributed by atoms with Crippen LogP contribution in [0.3, 0.4) is 0 Å². The van der Waals surface area contributed by atoms with E-state index in [1.54, 1.807) is 30.3 Å². The molecule has 0 aliphatic carbocycles. The number of hydrazone groups is 1. The van der Waals surface area contributed by atoms with Crippen molar-refractivity contribution in [3.05, 3.63) is 65.7 Å². The Morgan fingerprint density at radius 2 is 1.94 bits per heavy atom. The number of benzene rings is 2. The number of aliphatic hydroxyl groups is 1. The van der Waals surface area contributed by atoms with E-state index in [-0.39, 0.29) is 30.5 Å². The number of halogens is 2. The lowest BCUT2D eigenvalue weighted by Crippen LogP contribution is -2.53. The predicted molar refractivity (Wildman–Crippen MR) is 115 cm³/mol. The maximum atomic E-state index is 13.7. The van der Waals surface area contributed by atoms with Crippen LogP contribution in [-0.4, -0.2) is 47.4 Å². The third-order valence-electron chi connectivity index (χ3n) is 5.66. The van der Waals surface area contributed by atoms with E-state index in [4.69, 9.17) is 0 Å². The van der Waals surface area contributed by atoms with Gasteiger partial charge in [-0.2, -0.15) is 10.1 Å². The van der Waals surface area contributed by atoms with E-state index in [1.165, 1.54) is 17.1 Å². The van der Waals surface area contributed by atoms with Crippen molar-refractivity contribution in [2.75, 3.05) is 11.6 Å². The van der Waals surface area contributed by atoms with Crippen molar-refractivity contribution in [3.8, 4) is 0 Å². The summed E-state index contributed by atoms with van der Waals surface area (Å²) in [5.74, 6) is -2.41. The minimum Gasteiger partial charge on any atom is -0.389 e. The average Bonchev–Trinajstić information content (AvgIpc) is 3.43. The summed E-state index contributed by atoms with van der Waals surface area (Å²) in [7, 11) is 0. The minimum absolute atomic E-state index is 0.0147. The molecule has 0 radical (unpaired) electrons. The fourth-order valence-corrected chi connectivity index (χ4v) is 4.10. The molecule has 0 aromatic heterocycles. The van der Waals surface area contributed by atoms with Crippen molar-refractivity contribution in [2.45, 2.75) is 43.9 Å². The molecule has 4 rings (SSSR count). The van der Waals surface area contributed by atoms with Crippen molar-refractivity contribution in [2.24, 2.45) is 5.10 Å². The van der Waals surface area contributed by atoms with E-state index >= 15 is 0 Å². The van der Waals surface area contributed by atoms with E-state index in [2.05, 4.69) is 15.7 Å². The van der Waals surface area contributed by atoms with Crippen LogP contribution in [0.1, 0.15) is 24.8 Å². The van der Waals surface area contributed by atoms with Crippen LogP contribution in [0.4, 0.5) is 14.5 Å². The molecule has 1 saturated heterocycles. The largest absolute Gasteiger partial charge is 0.389 e. The molecule has 32 heavy (non-hydrogen) atoms. The number of nitrogens with zero attached hydrogens (tertiary/aromatic N) is 2. The van der Waals surface area contributed by atoms with Gasteiger partial charge in [-0.1, -0.05) is 18.2 Å². The summed E-state index contributed by atoms with van der Waals surface area (Å²) in [4.78, 5) is 25.3. The number of hydrogen-bond donors (Lipinski definition) is 3. The van der Waals surface area contributed by atoms with Gasteiger partial charge in [0.25, 0.3) is 11.8 Å². The highest BCUT2D eigenvalue weighted by Gasteiger charge is 2.34. The molecular formula is C23H24F2N4O3. The molecule has 1 fully saturated rings. The highest BCUT2D eigenvalue weighted by molar-refractivity contribution is 6.44.